The van der Waals surface area contributed by atoms with Crippen molar-refractivity contribution in [3.63, 3.8) is 0 Å². The first-order chi connectivity index (χ1) is 7.13. The van der Waals surface area contributed by atoms with Gasteiger partial charge in [-0.25, -0.2) is 4.79 Å². The van der Waals surface area contributed by atoms with Crippen molar-refractivity contribution in [2.24, 2.45) is 0 Å². The van der Waals surface area contributed by atoms with Gasteiger partial charge in [0.05, 0.1) is 12.5 Å². The summed E-state index contributed by atoms with van der Waals surface area (Å²) in [4.78, 5) is 11.2. The van der Waals surface area contributed by atoms with Crippen LogP contribution in [-0.2, 0) is 0 Å². The van der Waals surface area contributed by atoms with Gasteiger partial charge in [0.1, 0.15) is 11.3 Å². The average molecular weight is 227 g/mol. The lowest BCUT2D eigenvalue weighted by molar-refractivity contribution is 0.413. The lowest BCUT2D eigenvalue weighted by Gasteiger charge is -2.03. The van der Waals surface area contributed by atoms with Gasteiger partial charge in [-0.1, -0.05) is 11.6 Å². The molecule has 0 atom stereocenters. The molecule has 0 aliphatic rings. The molecule has 0 unspecified atom stereocenters. The summed E-state index contributed by atoms with van der Waals surface area (Å²) in [6.07, 6.45) is 0. The Morgan fingerprint density at radius 3 is 2.87 bits per heavy atom. The zero-order valence-corrected chi connectivity index (χ0v) is 8.54. The Balaban J connectivity index is 2.86. The molecule has 1 aromatic heterocycles. The number of hydrogen-bond acceptors (Lipinski definition) is 4. The lowest BCUT2D eigenvalue weighted by Crippen LogP contribution is -1.99. The number of hydrogen-bond donors (Lipinski definition) is 1. The standard InChI is InChI=1S/C10H7ClO4/c1-14-5-2-3-6-7(4-5)15-10(13)8(11)9(6)12/h2-4,12H,1H3. The van der Waals surface area contributed by atoms with E-state index in [0.29, 0.717) is 11.1 Å². The second-order valence-corrected chi connectivity index (χ2v) is 3.29. The predicted octanol–water partition coefficient (Wildman–Crippen LogP) is 2.16. The third kappa shape index (κ3) is 1.53. The fourth-order valence-corrected chi connectivity index (χ4v) is 1.41. The Kier molecular flexibility index (Phi) is 2.28. The molecule has 1 N–H and O–H groups in total. The highest BCUT2D eigenvalue weighted by Gasteiger charge is 2.11. The van der Waals surface area contributed by atoms with Crippen LogP contribution in [0, 0.1) is 0 Å². The number of fused-ring (bicyclic) bond motifs is 1. The highest BCUT2D eigenvalue weighted by molar-refractivity contribution is 6.32. The molecule has 0 radical (unpaired) electrons. The van der Waals surface area contributed by atoms with E-state index < -0.39 is 5.63 Å². The van der Waals surface area contributed by atoms with E-state index in [4.69, 9.17) is 20.8 Å². The molecule has 78 valence electrons. The second kappa shape index (κ2) is 3.47. The third-order valence-electron chi connectivity index (χ3n) is 2.03. The summed E-state index contributed by atoms with van der Waals surface area (Å²) in [6.45, 7) is 0. The van der Waals surface area contributed by atoms with Crippen LogP contribution in [-0.4, -0.2) is 12.2 Å². The first kappa shape index (κ1) is 9.86. The molecule has 2 aromatic rings. The first-order valence-corrected chi connectivity index (χ1v) is 4.50. The fourth-order valence-electron chi connectivity index (χ4n) is 1.27. The normalized spacial score (nSPS) is 10.5. The Bertz CT molecular complexity index is 573. The van der Waals surface area contributed by atoms with Crippen LogP contribution in [0.5, 0.6) is 11.5 Å². The smallest absolute Gasteiger partial charge is 0.359 e. The molecule has 0 saturated carbocycles. The molecule has 0 aliphatic carbocycles. The molecule has 0 fully saturated rings. The first-order valence-electron chi connectivity index (χ1n) is 4.13. The molecule has 0 spiro atoms. The van der Waals surface area contributed by atoms with E-state index in [1.165, 1.54) is 13.2 Å². The predicted molar refractivity (Wildman–Crippen MR) is 55.7 cm³/mol. The zero-order valence-electron chi connectivity index (χ0n) is 7.78. The SMILES string of the molecule is COc1ccc2c(O)c(Cl)c(=O)oc2c1. The van der Waals surface area contributed by atoms with Crippen LogP contribution in [0.25, 0.3) is 11.0 Å². The van der Waals surface area contributed by atoms with Crippen molar-refractivity contribution in [1.29, 1.82) is 0 Å². The van der Waals surface area contributed by atoms with E-state index in [9.17, 15) is 9.90 Å². The van der Waals surface area contributed by atoms with Crippen LogP contribution < -0.4 is 10.4 Å². The van der Waals surface area contributed by atoms with Gasteiger partial charge in [0.2, 0.25) is 0 Å². The largest absolute Gasteiger partial charge is 0.505 e. The van der Waals surface area contributed by atoms with E-state index in [-0.39, 0.29) is 16.4 Å². The zero-order chi connectivity index (χ0) is 11.0. The van der Waals surface area contributed by atoms with Crippen molar-refractivity contribution in [1.82, 2.24) is 0 Å². The fraction of sp³-hybridized carbons (Fsp3) is 0.100. The molecule has 5 heteroatoms. The highest BCUT2D eigenvalue weighted by atomic mass is 35.5. The monoisotopic (exact) mass is 226 g/mol. The van der Waals surface area contributed by atoms with Gasteiger partial charge in [-0.3, -0.25) is 0 Å². The molecule has 0 saturated heterocycles. The molecule has 15 heavy (non-hydrogen) atoms. The van der Waals surface area contributed by atoms with Gasteiger partial charge in [0, 0.05) is 6.07 Å². The number of benzene rings is 1. The maximum atomic E-state index is 11.2. The van der Waals surface area contributed by atoms with Crippen molar-refractivity contribution in [3.8, 4) is 11.5 Å². The molecule has 4 nitrogen and oxygen atoms in total. The van der Waals surface area contributed by atoms with E-state index >= 15 is 0 Å². The number of aromatic hydroxyl groups is 1. The maximum absolute atomic E-state index is 11.2. The number of rotatable bonds is 1. The van der Waals surface area contributed by atoms with Crippen molar-refractivity contribution >= 4 is 22.6 Å². The molecular weight excluding hydrogens is 220 g/mol. The van der Waals surface area contributed by atoms with E-state index in [0.717, 1.165) is 0 Å². The number of methoxy groups -OCH3 is 1. The molecule has 2 rings (SSSR count). The molecule has 0 bridgehead atoms. The number of halogens is 1. The molecule has 0 amide bonds. The minimum absolute atomic E-state index is 0.237. The van der Waals surface area contributed by atoms with Crippen LogP contribution in [0.15, 0.2) is 27.4 Å². The summed E-state index contributed by atoms with van der Waals surface area (Å²) >= 11 is 5.54. The minimum Gasteiger partial charge on any atom is -0.505 e. The molecular formula is C10H7ClO4. The van der Waals surface area contributed by atoms with Crippen molar-refractivity contribution in [2.75, 3.05) is 7.11 Å². The van der Waals surface area contributed by atoms with Crippen molar-refractivity contribution in [3.05, 3.63) is 33.6 Å². The Labute approximate surface area is 89.7 Å². The highest BCUT2D eigenvalue weighted by Crippen LogP contribution is 2.31. The maximum Gasteiger partial charge on any atom is 0.359 e. The van der Waals surface area contributed by atoms with Crippen LogP contribution in [0.2, 0.25) is 5.02 Å². The van der Waals surface area contributed by atoms with Crippen LogP contribution >= 0.6 is 11.6 Å². The minimum atomic E-state index is -0.769. The van der Waals surface area contributed by atoms with E-state index in [2.05, 4.69) is 0 Å². The molecule has 0 aliphatic heterocycles. The Morgan fingerprint density at radius 2 is 2.20 bits per heavy atom. The summed E-state index contributed by atoms with van der Waals surface area (Å²) < 4.78 is 9.84. The summed E-state index contributed by atoms with van der Waals surface area (Å²) in [7, 11) is 1.50. The van der Waals surface area contributed by atoms with Crippen molar-refractivity contribution < 1.29 is 14.3 Å². The van der Waals surface area contributed by atoms with E-state index in [1.54, 1.807) is 12.1 Å². The van der Waals surface area contributed by atoms with Gasteiger partial charge in [0.25, 0.3) is 0 Å². The van der Waals surface area contributed by atoms with Gasteiger partial charge >= 0.3 is 5.63 Å². The second-order valence-electron chi connectivity index (χ2n) is 2.91. The quantitative estimate of drug-likeness (QED) is 0.757. The van der Waals surface area contributed by atoms with Gasteiger partial charge in [0.15, 0.2) is 10.8 Å². The topological polar surface area (TPSA) is 59.7 Å². The van der Waals surface area contributed by atoms with Gasteiger partial charge in [-0.15, -0.1) is 0 Å². The van der Waals surface area contributed by atoms with Crippen LogP contribution in [0.4, 0.5) is 0 Å². The summed E-state index contributed by atoms with van der Waals surface area (Å²) in [5, 5.41) is 9.63. The molecule has 1 aromatic carbocycles. The average Bonchev–Trinajstić information content (AvgIpc) is 2.25. The van der Waals surface area contributed by atoms with Crippen LogP contribution in [0.1, 0.15) is 0 Å². The Morgan fingerprint density at radius 1 is 1.47 bits per heavy atom. The Hall–Kier alpha value is -1.68. The van der Waals surface area contributed by atoms with Gasteiger partial charge in [-0.05, 0) is 12.1 Å². The third-order valence-corrected chi connectivity index (χ3v) is 2.37. The van der Waals surface area contributed by atoms with Gasteiger partial charge < -0.3 is 14.3 Å². The van der Waals surface area contributed by atoms with Crippen LogP contribution in [0.3, 0.4) is 0 Å². The lowest BCUT2D eigenvalue weighted by atomic mass is 10.2. The summed E-state index contributed by atoms with van der Waals surface area (Å²) in [5.41, 5.74) is -0.531. The van der Waals surface area contributed by atoms with E-state index in [1.807, 2.05) is 0 Å². The summed E-state index contributed by atoms with van der Waals surface area (Å²) in [5.74, 6) is 0.262. The molecule has 1 heterocycles. The van der Waals surface area contributed by atoms with Crippen molar-refractivity contribution in [2.45, 2.75) is 0 Å². The van der Waals surface area contributed by atoms with Gasteiger partial charge in [-0.2, -0.15) is 0 Å². The number of ether oxygens (including phenoxy) is 1. The summed E-state index contributed by atoms with van der Waals surface area (Å²) in [6, 6.07) is 4.71.